The zero-order chi connectivity index (χ0) is 75.8. The minimum atomic E-state index is -0.117. The standard InChI is InChI=1S/C55H40N2.C54H42N2/c1-55(2)50-26-13-11-23-45(50)46-30-29-42(36-51(46)55)56(41-21-15-18-38(34-41)37-16-5-3-6-17-37)53-33-31-43(44-22-9-10-24-47(44)53)39-28-32-54-49(35-39)48-25-12-14-27-52(48)57(54)40-19-7-4-8-20-40;1-53(2)47-19-11-8-16-41(47)43-29-27-39(33-49(43)53)55(40-28-30-44-42-17-9-12-20-48(42)54(3,4)50(44)34-40)38-25-22-35(23-26-38)36-24-31-52-46(32-36)45-18-10-13-21-51(45)56(52)37-14-6-5-7-15-37/h3-36H,1-2H3;5-34H,1-4H3. The molecule has 0 unspecified atom stereocenters. The summed E-state index contributed by atoms with van der Waals surface area (Å²) >= 11 is 0. The monoisotopic (exact) mass is 1450 g/mol. The maximum atomic E-state index is 2.47. The Kier molecular flexibility index (Phi) is 15.6. The first-order valence-corrected chi connectivity index (χ1v) is 39.6. The number of benzene rings is 17. The molecule has 2 heterocycles. The summed E-state index contributed by atoms with van der Waals surface area (Å²) in [4.78, 5) is 4.92. The number of aromatic nitrogens is 2. The molecule has 538 valence electrons. The van der Waals surface area contributed by atoms with Crippen LogP contribution in [0.3, 0.4) is 0 Å². The van der Waals surface area contributed by atoms with Gasteiger partial charge in [0.2, 0.25) is 0 Å². The van der Waals surface area contributed by atoms with Crippen molar-refractivity contribution in [3.8, 4) is 78.1 Å². The van der Waals surface area contributed by atoms with Crippen molar-refractivity contribution in [2.75, 3.05) is 9.80 Å². The zero-order valence-electron chi connectivity index (χ0n) is 64.2. The van der Waals surface area contributed by atoms with Crippen molar-refractivity contribution in [3.05, 3.63) is 422 Å². The molecule has 113 heavy (non-hydrogen) atoms. The average molecular weight is 1450 g/mol. The van der Waals surface area contributed by atoms with E-state index in [2.05, 4.69) is 449 Å². The van der Waals surface area contributed by atoms with Gasteiger partial charge in [-0.1, -0.05) is 302 Å². The van der Waals surface area contributed by atoms with Gasteiger partial charge in [0.05, 0.1) is 27.8 Å². The van der Waals surface area contributed by atoms with Crippen molar-refractivity contribution in [1.29, 1.82) is 0 Å². The molecule has 4 nitrogen and oxygen atoms in total. The Bertz CT molecular complexity index is 6910. The van der Waals surface area contributed by atoms with E-state index in [-0.39, 0.29) is 16.2 Å². The van der Waals surface area contributed by atoms with Gasteiger partial charge >= 0.3 is 0 Å². The van der Waals surface area contributed by atoms with Gasteiger partial charge in [-0.15, -0.1) is 0 Å². The van der Waals surface area contributed by atoms with Crippen LogP contribution in [-0.2, 0) is 16.2 Å². The number of fused-ring (bicyclic) bond motifs is 16. The molecule has 22 rings (SSSR count). The molecule has 3 aliphatic rings. The van der Waals surface area contributed by atoms with E-state index < -0.39 is 0 Å². The number of nitrogens with zero attached hydrogens (tertiary/aromatic N) is 4. The molecule has 0 amide bonds. The van der Waals surface area contributed by atoms with E-state index in [4.69, 9.17) is 0 Å². The predicted molar refractivity (Wildman–Crippen MR) is 477 cm³/mol. The van der Waals surface area contributed by atoms with E-state index in [0.29, 0.717) is 0 Å². The predicted octanol–water partition coefficient (Wildman–Crippen LogP) is 29.6. The fourth-order valence-corrected chi connectivity index (χ4v) is 19.4. The minimum absolute atomic E-state index is 0.0959. The van der Waals surface area contributed by atoms with Crippen LogP contribution < -0.4 is 9.80 Å². The molecule has 4 heteroatoms. The van der Waals surface area contributed by atoms with Gasteiger partial charge in [0.25, 0.3) is 0 Å². The number of rotatable bonds is 11. The smallest absolute Gasteiger partial charge is 0.0541 e. The molecular weight excluding hydrogens is 1370 g/mol. The molecular formula is C109H82N4. The van der Waals surface area contributed by atoms with E-state index in [1.165, 1.54) is 177 Å². The maximum Gasteiger partial charge on any atom is 0.0541 e. The molecule has 3 aliphatic carbocycles. The van der Waals surface area contributed by atoms with E-state index in [1.807, 2.05) is 0 Å². The van der Waals surface area contributed by atoms with Crippen LogP contribution in [-0.4, -0.2) is 9.13 Å². The lowest BCUT2D eigenvalue weighted by molar-refractivity contribution is 0.660. The van der Waals surface area contributed by atoms with Crippen molar-refractivity contribution in [1.82, 2.24) is 9.13 Å². The van der Waals surface area contributed by atoms with Crippen LogP contribution in [0.5, 0.6) is 0 Å². The Morgan fingerprint density at radius 3 is 1.03 bits per heavy atom. The topological polar surface area (TPSA) is 16.3 Å². The Balaban J connectivity index is 0.000000142. The molecule has 17 aromatic carbocycles. The first-order chi connectivity index (χ1) is 55.3. The van der Waals surface area contributed by atoms with Gasteiger partial charge in [-0.2, -0.15) is 0 Å². The third-order valence-electron chi connectivity index (χ3n) is 25.0. The highest BCUT2D eigenvalue weighted by Gasteiger charge is 2.39. The van der Waals surface area contributed by atoms with Crippen molar-refractivity contribution < 1.29 is 0 Å². The lowest BCUT2D eigenvalue weighted by atomic mass is 9.82. The fraction of sp³-hybridized carbons (Fsp3) is 0.0826. The van der Waals surface area contributed by atoms with Crippen LogP contribution in [0.2, 0.25) is 0 Å². The van der Waals surface area contributed by atoms with Gasteiger partial charge in [-0.05, 0) is 233 Å². The summed E-state index contributed by atoms with van der Waals surface area (Å²) in [5.41, 5.74) is 37.3. The van der Waals surface area contributed by atoms with Crippen molar-refractivity contribution >= 4 is 88.5 Å². The highest BCUT2D eigenvalue weighted by molar-refractivity contribution is 6.14. The van der Waals surface area contributed by atoms with E-state index in [0.717, 1.165) is 22.7 Å². The largest absolute Gasteiger partial charge is 0.310 e. The molecule has 0 bridgehead atoms. The lowest BCUT2D eigenvalue weighted by Crippen LogP contribution is -2.18. The Hall–Kier alpha value is -13.8. The van der Waals surface area contributed by atoms with Gasteiger partial charge < -0.3 is 18.9 Å². The van der Waals surface area contributed by atoms with E-state index >= 15 is 0 Å². The lowest BCUT2D eigenvalue weighted by Gasteiger charge is -2.30. The molecule has 0 atom stereocenters. The van der Waals surface area contributed by atoms with Gasteiger partial charge in [0.15, 0.2) is 0 Å². The molecule has 0 fully saturated rings. The van der Waals surface area contributed by atoms with Crippen molar-refractivity contribution in [2.24, 2.45) is 0 Å². The van der Waals surface area contributed by atoms with Gasteiger partial charge in [0, 0.05) is 83.0 Å². The van der Waals surface area contributed by atoms with Crippen LogP contribution in [0.25, 0.3) is 133 Å². The third kappa shape index (κ3) is 10.8. The second-order valence-electron chi connectivity index (χ2n) is 32.4. The van der Waals surface area contributed by atoms with Crippen LogP contribution in [0.4, 0.5) is 34.1 Å². The molecule has 0 radical (unpaired) electrons. The molecule has 0 saturated carbocycles. The number of hydrogen-bond donors (Lipinski definition) is 0. The van der Waals surface area contributed by atoms with E-state index in [9.17, 15) is 0 Å². The summed E-state index contributed by atoms with van der Waals surface area (Å²) in [6.07, 6.45) is 0. The molecule has 0 saturated heterocycles. The first-order valence-electron chi connectivity index (χ1n) is 39.6. The molecule has 19 aromatic rings. The van der Waals surface area contributed by atoms with Gasteiger partial charge in [-0.3, -0.25) is 0 Å². The summed E-state index contributed by atoms with van der Waals surface area (Å²) in [5, 5.41) is 7.45. The summed E-state index contributed by atoms with van der Waals surface area (Å²) in [6.45, 7) is 14.2. The SMILES string of the molecule is CC1(C)c2ccccc2-c2ccc(N(c3ccc(-c4ccc5c(c4)c4ccccc4n5-c4ccccc4)cc3)c3ccc4c(c3)C(C)(C)c3ccccc3-4)cc21.CC1(C)c2ccccc2-c2ccc(N(c3cccc(-c4ccccc4)c3)c3ccc(-c4ccc5c(c4)c4ccccc4n5-c4ccccc4)c4ccccc34)cc21. The molecule has 0 spiro atoms. The number of para-hydroxylation sites is 4. The van der Waals surface area contributed by atoms with Crippen LogP contribution >= 0.6 is 0 Å². The molecule has 2 aromatic heterocycles. The van der Waals surface area contributed by atoms with Crippen molar-refractivity contribution in [3.63, 3.8) is 0 Å². The summed E-state index contributed by atoms with van der Waals surface area (Å²) in [5.74, 6) is 0. The Morgan fingerprint density at radius 2 is 0.522 bits per heavy atom. The summed E-state index contributed by atoms with van der Waals surface area (Å²) in [6, 6.07) is 143. The van der Waals surface area contributed by atoms with Gasteiger partial charge in [-0.25, -0.2) is 0 Å². The average Bonchev–Trinajstić information content (AvgIpc) is 1.56. The number of anilines is 6. The first kappa shape index (κ1) is 67.3. The maximum absolute atomic E-state index is 2.47. The van der Waals surface area contributed by atoms with Crippen LogP contribution in [0, 0.1) is 0 Å². The van der Waals surface area contributed by atoms with Crippen LogP contribution in [0.1, 0.15) is 74.9 Å². The second kappa shape index (κ2) is 26.2. The van der Waals surface area contributed by atoms with Crippen LogP contribution in [0.15, 0.2) is 388 Å². The Labute approximate surface area is 660 Å². The minimum Gasteiger partial charge on any atom is -0.310 e. The third-order valence-corrected chi connectivity index (χ3v) is 25.0. The highest BCUT2D eigenvalue weighted by Crippen LogP contribution is 2.56. The van der Waals surface area contributed by atoms with Gasteiger partial charge in [0.1, 0.15) is 0 Å². The normalized spacial score (nSPS) is 13.6. The zero-order valence-corrected chi connectivity index (χ0v) is 64.2. The highest BCUT2D eigenvalue weighted by atomic mass is 15.2. The quantitative estimate of drug-likeness (QED) is 0.128. The molecule has 0 N–H and O–H groups in total. The fourth-order valence-electron chi connectivity index (χ4n) is 19.4. The second-order valence-corrected chi connectivity index (χ2v) is 32.4. The van der Waals surface area contributed by atoms with E-state index in [1.54, 1.807) is 0 Å². The molecule has 0 aliphatic heterocycles. The van der Waals surface area contributed by atoms with Crippen molar-refractivity contribution in [2.45, 2.75) is 57.8 Å². The Morgan fingerprint density at radius 1 is 0.186 bits per heavy atom. The summed E-state index contributed by atoms with van der Waals surface area (Å²) < 4.78 is 4.76. The summed E-state index contributed by atoms with van der Waals surface area (Å²) in [7, 11) is 0. The number of hydrogen-bond acceptors (Lipinski definition) is 2.